The van der Waals surface area contributed by atoms with Crippen LogP contribution in [0.5, 0.6) is 11.5 Å². The third kappa shape index (κ3) is 1.65. The van der Waals surface area contributed by atoms with Gasteiger partial charge in [-0.15, -0.1) is 0 Å². The van der Waals surface area contributed by atoms with Gasteiger partial charge in [-0.05, 0) is 11.6 Å². The fourth-order valence-electron chi connectivity index (χ4n) is 1.27. The van der Waals surface area contributed by atoms with Crippen molar-refractivity contribution in [1.82, 2.24) is 0 Å². The van der Waals surface area contributed by atoms with Gasteiger partial charge in [0.25, 0.3) is 0 Å². The molecule has 0 aliphatic rings. The van der Waals surface area contributed by atoms with Gasteiger partial charge in [-0.1, -0.05) is 0 Å². The molecule has 0 unspecified atom stereocenters. The smallest absolute Gasteiger partial charge is 0.130 e. The zero-order chi connectivity index (χ0) is 10.7. The normalized spacial score (nSPS) is 10.5. The van der Waals surface area contributed by atoms with Crippen LogP contribution in [-0.4, -0.2) is 25.5 Å². The quantitative estimate of drug-likeness (QED) is 0.456. The summed E-state index contributed by atoms with van der Waals surface area (Å²) in [5, 5.41) is 45.4. The Balaban J connectivity index is 3.39. The summed E-state index contributed by atoms with van der Waals surface area (Å²) >= 11 is 0. The molecule has 0 saturated carbocycles. The molecule has 0 bridgehead atoms. The number of hydrogen-bond acceptors (Lipinski definition) is 5. The minimum Gasteiger partial charge on any atom is -0.507 e. The average Bonchev–Trinajstić information content (AvgIpc) is 2.17. The molecule has 14 heavy (non-hydrogen) atoms. The Morgan fingerprint density at radius 3 is 1.86 bits per heavy atom. The van der Waals surface area contributed by atoms with Gasteiger partial charge in [0, 0.05) is 5.56 Å². The van der Waals surface area contributed by atoms with Crippen LogP contribution in [0.2, 0.25) is 0 Å². The standard InChI is InChI=1S/C9H12O5/c10-2-5-1-8(13)7(4-12)9(14)6(5)3-11/h1,10-14H,2-4H2. The Morgan fingerprint density at radius 2 is 1.43 bits per heavy atom. The van der Waals surface area contributed by atoms with E-state index in [1.54, 1.807) is 0 Å². The van der Waals surface area contributed by atoms with E-state index in [1.165, 1.54) is 6.07 Å². The van der Waals surface area contributed by atoms with Crippen LogP contribution in [0.3, 0.4) is 0 Å². The summed E-state index contributed by atoms with van der Waals surface area (Å²) in [4.78, 5) is 0. The van der Waals surface area contributed by atoms with Crippen molar-refractivity contribution < 1.29 is 25.5 Å². The third-order valence-electron chi connectivity index (χ3n) is 2.07. The molecule has 0 amide bonds. The highest BCUT2D eigenvalue weighted by Gasteiger charge is 2.15. The molecule has 0 aromatic heterocycles. The van der Waals surface area contributed by atoms with Crippen LogP contribution in [0.1, 0.15) is 16.7 Å². The molecular formula is C9H12O5. The van der Waals surface area contributed by atoms with E-state index in [1.807, 2.05) is 0 Å². The van der Waals surface area contributed by atoms with E-state index in [4.69, 9.17) is 15.3 Å². The highest BCUT2D eigenvalue weighted by molar-refractivity contribution is 5.52. The van der Waals surface area contributed by atoms with Crippen molar-refractivity contribution in [3.05, 3.63) is 22.8 Å². The zero-order valence-corrected chi connectivity index (χ0v) is 7.43. The maximum Gasteiger partial charge on any atom is 0.130 e. The molecule has 0 aliphatic heterocycles. The lowest BCUT2D eigenvalue weighted by Gasteiger charge is -2.12. The number of hydrogen-bond donors (Lipinski definition) is 5. The first-order valence-corrected chi connectivity index (χ1v) is 4.03. The van der Waals surface area contributed by atoms with Crippen LogP contribution < -0.4 is 0 Å². The van der Waals surface area contributed by atoms with Crippen LogP contribution in [0, 0.1) is 0 Å². The van der Waals surface area contributed by atoms with E-state index in [0.29, 0.717) is 0 Å². The topological polar surface area (TPSA) is 101 Å². The molecule has 5 nitrogen and oxygen atoms in total. The van der Waals surface area contributed by atoms with Crippen molar-refractivity contribution in [1.29, 1.82) is 0 Å². The molecule has 1 aromatic rings. The second-order valence-corrected chi connectivity index (χ2v) is 2.83. The SMILES string of the molecule is OCc1cc(O)c(CO)c(O)c1CO. The van der Waals surface area contributed by atoms with E-state index in [0.717, 1.165) is 0 Å². The molecule has 0 spiro atoms. The molecule has 5 heteroatoms. The molecule has 1 rings (SSSR count). The number of phenols is 2. The Bertz CT molecular complexity index is 334. The fourth-order valence-corrected chi connectivity index (χ4v) is 1.27. The summed E-state index contributed by atoms with van der Waals surface area (Å²) in [6.45, 7) is -1.39. The Hall–Kier alpha value is -1.30. The monoisotopic (exact) mass is 200 g/mol. The van der Waals surface area contributed by atoms with E-state index in [2.05, 4.69) is 0 Å². The second-order valence-electron chi connectivity index (χ2n) is 2.83. The molecule has 78 valence electrons. The summed E-state index contributed by atoms with van der Waals surface area (Å²) in [5.74, 6) is -0.676. The van der Waals surface area contributed by atoms with E-state index >= 15 is 0 Å². The highest BCUT2D eigenvalue weighted by atomic mass is 16.3. The maximum absolute atomic E-state index is 9.49. The first kappa shape index (κ1) is 10.8. The summed E-state index contributed by atoms with van der Waals surface area (Å²) in [6.07, 6.45) is 0. The second kappa shape index (κ2) is 4.28. The highest BCUT2D eigenvalue weighted by Crippen LogP contribution is 2.33. The molecule has 0 aliphatic carbocycles. The lowest BCUT2D eigenvalue weighted by Crippen LogP contribution is -1.98. The van der Waals surface area contributed by atoms with Gasteiger partial charge in [-0.2, -0.15) is 0 Å². The molecule has 0 fully saturated rings. The zero-order valence-electron chi connectivity index (χ0n) is 7.43. The van der Waals surface area contributed by atoms with Crippen molar-refractivity contribution >= 4 is 0 Å². The minimum atomic E-state index is -0.531. The predicted molar refractivity (Wildman–Crippen MR) is 47.5 cm³/mol. The lowest BCUT2D eigenvalue weighted by molar-refractivity contribution is 0.246. The van der Waals surface area contributed by atoms with Crippen molar-refractivity contribution in [3.8, 4) is 11.5 Å². The predicted octanol–water partition coefficient (Wildman–Crippen LogP) is -0.425. The van der Waals surface area contributed by atoms with Gasteiger partial charge >= 0.3 is 0 Å². The number of rotatable bonds is 3. The number of aliphatic hydroxyl groups is 3. The summed E-state index contributed by atoms with van der Waals surface area (Å²) < 4.78 is 0. The van der Waals surface area contributed by atoms with Crippen LogP contribution in [0.4, 0.5) is 0 Å². The van der Waals surface area contributed by atoms with Crippen LogP contribution in [-0.2, 0) is 19.8 Å². The van der Waals surface area contributed by atoms with Crippen molar-refractivity contribution in [2.75, 3.05) is 0 Å². The van der Waals surface area contributed by atoms with Crippen LogP contribution in [0.15, 0.2) is 6.07 Å². The van der Waals surface area contributed by atoms with Gasteiger partial charge in [0.1, 0.15) is 11.5 Å². The van der Waals surface area contributed by atoms with Gasteiger partial charge in [-0.25, -0.2) is 0 Å². The van der Waals surface area contributed by atoms with Gasteiger partial charge in [0.2, 0.25) is 0 Å². The Kier molecular flexibility index (Phi) is 3.29. The maximum atomic E-state index is 9.49. The van der Waals surface area contributed by atoms with E-state index in [9.17, 15) is 10.2 Å². The Morgan fingerprint density at radius 1 is 0.857 bits per heavy atom. The molecule has 1 aromatic carbocycles. The van der Waals surface area contributed by atoms with E-state index in [-0.39, 0.29) is 28.2 Å². The first-order chi connectivity index (χ1) is 6.65. The summed E-state index contributed by atoms with van der Waals surface area (Å²) in [7, 11) is 0. The van der Waals surface area contributed by atoms with Crippen LogP contribution >= 0.6 is 0 Å². The average molecular weight is 200 g/mol. The van der Waals surface area contributed by atoms with Gasteiger partial charge in [0.05, 0.1) is 25.4 Å². The minimum absolute atomic E-state index is 0.0498. The number of benzene rings is 1. The van der Waals surface area contributed by atoms with Crippen LogP contribution in [0.25, 0.3) is 0 Å². The molecule has 0 radical (unpaired) electrons. The summed E-state index contributed by atoms with van der Waals surface area (Å²) in [5.41, 5.74) is 0.306. The summed E-state index contributed by atoms with van der Waals surface area (Å²) in [6, 6.07) is 1.21. The number of aliphatic hydroxyl groups excluding tert-OH is 3. The molecule has 0 heterocycles. The van der Waals surface area contributed by atoms with Gasteiger partial charge in [0.15, 0.2) is 0 Å². The lowest BCUT2D eigenvalue weighted by atomic mass is 10.0. The van der Waals surface area contributed by atoms with E-state index < -0.39 is 19.8 Å². The molecule has 0 saturated heterocycles. The molecular weight excluding hydrogens is 188 g/mol. The number of aromatic hydroxyl groups is 2. The largest absolute Gasteiger partial charge is 0.507 e. The van der Waals surface area contributed by atoms with Crippen molar-refractivity contribution in [2.45, 2.75) is 19.8 Å². The molecule has 0 atom stereocenters. The fraction of sp³-hybridized carbons (Fsp3) is 0.333. The Labute approximate surface area is 80.5 Å². The van der Waals surface area contributed by atoms with Crippen molar-refractivity contribution in [2.24, 2.45) is 0 Å². The van der Waals surface area contributed by atoms with Crippen molar-refractivity contribution in [3.63, 3.8) is 0 Å². The molecule has 5 N–H and O–H groups in total. The van der Waals surface area contributed by atoms with Gasteiger partial charge in [-0.3, -0.25) is 0 Å². The third-order valence-corrected chi connectivity index (χ3v) is 2.07. The first-order valence-electron chi connectivity index (χ1n) is 4.03. The van der Waals surface area contributed by atoms with Gasteiger partial charge < -0.3 is 25.5 Å².